The third-order valence-corrected chi connectivity index (χ3v) is 2.94. The lowest BCUT2D eigenvalue weighted by Gasteiger charge is -2.12. The van der Waals surface area contributed by atoms with Crippen LogP contribution in [0.3, 0.4) is 0 Å². The number of carbonyl (C=O) groups is 1. The lowest BCUT2D eigenvalue weighted by molar-refractivity contribution is 0.101. The van der Waals surface area contributed by atoms with E-state index < -0.39 is 0 Å². The highest BCUT2D eigenvalue weighted by molar-refractivity contribution is 6.31. The molecule has 0 unspecified atom stereocenters. The van der Waals surface area contributed by atoms with Crippen molar-refractivity contribution in [1.82, 2.24) is 4.57 Å². The first kappa shape index (κ1) is 13.5. The van der Waals surface area contributed by atoms with Crippen LogP contribution in [0.15, 0.2) is 36.5 Å². The van der Waals surface area contributed by atoms with Gasteiger partial charge in [0.2, 0.25) is 0 Å². The van der Waals surface area contributed by atoms with E-state index in [1.54, 1.807) is 24.4 Å². The molecular formula is C14H15ClN2O2. The molecule has 2 N–H and O–H groups in total. The second-order valence-electron chi connectivity index (χ2n) is 4.55. The zero-order valence-electron chi connectivity index (χ0n) is 10.7. The van der Waals surface area contributed by atoms with Crippen molar-refractivity contribution in [2.24, 2.45) is 0 Å². The van der Waals surface area contributed by atoms with Gasteiger partial charge in [0.25, 0.3) is 5.91 Å². The molecule has 0 aliphatic carbocycles. The van der Waals surface area contributed by atoms with E-state index in [0.29, 0.717) is 16.4 Å². The number of nitrogens with one attached hydrogen (secondary N) is 1. The van der Waals surface area contributed by atoms with Gasteiger partial charge in [0.05, 0.1) is 5.02 Å². The summed E-state index contributed by atoms with van der Waals surface area (Å²) >= 11 is 5.94. The molecule has 0 radical (unpaired) electrons. The van der Waals surface area contributed by atoms with Gasteiger partial charge in [-0.05, 0) is 44.2 Å². The predicted molar refractivity (Wildman–Crippen MR) is 75.9 cm³/mol. The van der Waals surface area contributed by atoms with E-state index in [1.165, 1.54) is 12.1 Å². The lowest BCUT2D eigenvalue weighted by atomic mass is 10.3. The molecule has 0 saturated carbocycles. The van der Waals surface area contributed by atoms with E-state index in [4.69, 9.17) is 11.6 Å². The number of aromatic hydroxyl groups is 1. The second-order valence-corrected chi connectivity index (χ2v) is 4.98. The molecule has 2 aromatic rings. The van der Waals surface area contributed by atoms with Crippen molar-refractivity contribution in [1.29, 1.82) is 0 Å². The molecule has 0 bridgehead atoms. The van der Waals surface area contributed by atoms with Crippen LogP contribution < -0.4 is 5.32 Å². The molecule has 2 rings (SSSR count). The summed E-state index contributed by atoms with van der Waals surface area (Å²) in [4.78, 5) is 12.2. The Balaban J connectivity index is 2.22. The molecule has 0 atom stereocenters. The van der Waals surface area contributed by atoms with Crippen LogP contribution in [0.25, 0.3) is 0 Å². The Morgan fingerprint density at radius 2 is 1.95 bits per heavy atom. The van der Waals surface area contributed by atoms with Crippen molar-refractivity contribution in [3.05, 3.63) is 47.2 Å². The Morgan fingerprint density at radius 1 is 1.32 bits per heavy atom. The molecule has 100 valence electrons. The van der Waals surface area contributed by atoms with Crippen molar-refractivity contribution < 1.29 is 9.90 Å². The molecule has 1 aromatic heterocycles. The first-order chi connectivity index (χ1) is 8.97. The van der Waals surface area contributed by atoms with Crippen molar-refractivity contribution in [3.63, 3.8) is 0 Å². The van der Waals surface area contributed by atoms with Gasteiger partial charge in [0.15, 0.2) is 0 Å². The van der Waals surface area contributed by atoms with Crippen molar-refractivity contribution >= 4 is 23.2 Å². The second kappa shape index (κ2) is 5.36. The molecule has 1 amide bonds. The minimum Gasteiger partial charge on any atom is -0.508 e. The maximum atomic E-state index is 12.2. The molecule has 1 aromatic carbocycles. The van der Waals surface area contributed by atoms with E-state index >= 15 is 0 Å². The van der Waals surface area contributed by atoms with Gasteiger partial charge in [-0.1, -0.05) is 11.6 Å². The normalized spacial score (nSPS) is 10.7. The van der Waals surface area contributed by atoms with E-state index in [1.807, 2.05) is 18.4 Å². The molecule has 5 heteroatoms. The fourth-order valence-electron chi connectivity index (χ4n) is 1.79. The third kappa shape index (κ3) is 3.09. The molecule has 0 aliphatic rings. The van der Waals surface area contributed by atoms with Gasteiger partial charge in [0.1, 0.15) is 11.4 Å². The first-order valence-corrected chi connectivity index (χ1v) is 6.33. The van der Waals surface area contributed by atoms with Crippen molar-refractivity contribution in [2.75, 3.05) is 5.32 Å². The Kier molecular flexibility index (Phi) is 3.81. The standard InChI is InChI=1S/C14H15ClN2O2/c1-9(2)17-8-10(15)7-13(17)14(19)16-11-3-5-12(18)6-4-11/h3-9,18H,1-2H3,(H,16,19). The number of phenolic OH excluding ortho intramolecular Hbond substituents is 1. The Bertz CT molecular complexity index is 588. The average molecular weight is 279 g/mol. The van der Waals surface area contributed by atoms with Crippen LogP contribution >= 0.6 is 11.6 Å². The fraction of sp³-hybridized carbons (Fsp3) is 0.214. The highest BCUT2D eigenvalue weighted by atomic mass is 35.5. The summed E-state index contributed by atoms with van der Waals surface area (Å²) in [5.41, 5.74) is 1.13. The smallest absolute Gasteiger partial charge is 0.272 e. The summed E-state index contributed by atoms with van der Waals surface area (Å²) in [5, 5.41) is 12.5. The van der Waals surface area contributed by atoms with E-state index in [0.717, 1.165) is 0 Å². The maximum Gasteiger partial charge on any atom is 0.272 e. The van der Waals surface area contributed by atoms with Crippen LogP contribution in [0, 0.1) is 0 Å². The molecule has 1 heterocycles. The largest absolute Gasteiger partial charge is 0.508 e. The third-order valence-electron chi connectivity index (χ3n) is 2.73. The first-order valence-electron chi connectivity index (χ1n) is 5.95. The number of amides is 1. The highest BCUT2D eigenvalue weighted by Gasteiger charge is 2.15. The number of anilines is 1. The summed E-state index contributed by atoms with van der Waals surface area (Å²) in [6.45, 7) is 3.96. The minimum atomic E-state index is -0.230. The van der Waals surface area contributed by atoms with Gasteiger partial charge in [-0.15, -0.1) is 0 Å². The Hall–Kier alpha value is -1.94. The quantitative estimate of drug-likeness (QED) is 0.842. The van der Waals surface area contributed by atoms with Gasteiger partial charge in [0, 0.05) is 17.9 Å². The van der Waals surface area contributed by atoms with Gasteiger partial charge in [-0.2, -0.15) is 0 Å². The van der Waals surface area contributed by atoms with Crippen LogP contribution in [0.5, 0.6) is 5.75 Å². The van der Waals surface area contributed by atoms with Crippen molar-refractivity contribution in [2.45, 2.75) is 19.9 Å². The van der Waals surface area contributed by atoms with Crippen LogP contribution in [0.4, 0.5) is 5.69 Å². The van der Waals surface area contributed by atoms with Crippen LogP contribution in [0.2, 0.25) is 5.02 Å². The molecule has 4 nitrogen and oxygen atoms in total. The molecular weight excluding hydrogens is 264 g/mol. The topological polar surface area (TPSA) is 54.3 Å². The fourth-order valence-corrected chi connectivity index (χ4v) is 2.00. The summed E-state index contributed by atoms with van der Waals surface area (Å²) in [6, 6.07) is 8.09. The number of halogens is 1. The van der Waals surface area contributed by atoms with Crippen molar-refractivity contribution in [3.8, 4) is 5.75 Å². The Labute approximate surface area is 116 Å². The van der Waals surface area contributed by atoms with Gasteiger partial charge in [-0.3, -0.25) is 4.79 Å². The van der Waals surface area contributed by atoms with Crippen LogP contribution in [-0.4, -0.2) is 15.6 Å². The Morgan fingerprint density at radius 3 is 2.53 bits per heavy atom. The highest BCUT2D eigenvalue weighted by Crippen LogP contribution is 2.20. The molecule has 19 heavy (non-hydrogen) atoms. The van der Waals surface area contributed by atoms with E-state index in [-0.39, 0.29) is 17.7 Å². The number of carbonyl (C=O) groups excluding carboxylic acids is 1. The summed E-state index contributed by atoms with van der Waals surface area (Å²) < 4.78 is 1.82. The zero-order valence-corrected chi connectivity index (χ0v) is 11.5. The van der Waals surface area contributed by atoms with Gasteiger partial charge in [-0.25, -0.2) is 0 Å². The lowest BCUT2D eigenvalue weighted by Crippen LogP contribution is -2.17. The number of phenols is 1. The average Bonchev–Trinajstić information content (AvgIpc) is 2.74. The monoisotopic (exact) mass is 278 g/mol. The summed E-state index contributed by atoms with van der Waals surface area (Å²) in [5.74, 6) is -0.0714. The number of hydrogen-bond donors (Lipinski definition) is 2. The predicted octanol–water partition coefficient (Wildman–Crippen LogP) is 3.68. The van der Waals surface area contributed by atoms with Crippen LogP contribution in [-0.2, 0) is 0 Å². The number of aromatic nitrogens is 1. The molecule has 0 saturated heterocycles. The van der Waals surface area contributed by atoms with E-state index in [9.17, 15) is 9.90 Å². The number of nitrogens with zero attached hydrogens (tertiary/aromatic N) is 1. The summed E-state index contributed by atoms with van der Waals surface area (Å²) in [7, 11) is 0. The maximum absolute atomic E-state index is 12.2. The molecule has 0 spiro atoms. The van der Waals surface area contributed by atoms with Crippen LogP contribution in [0.1, 0.15) is 30.4 Å². The van der Waals surface area contributed by atoms with E-state index in [2.05, 4.69) is 5.32 Å². The number of benzene rings is 1. The summed E-state index contributed by atoms with van der Waals surface area (Å²) in [6.07, 6.45) is 1.73. The zero-order chi connectivity index (χ0) is 14.0. The van der Waals surface area contributed by atoms with Gasteiger partial charge < -0.3 is 15.0 Å². The molecule has 0 aliphatic heterocycles. The SMILES string of the molecule is CC(C)n1cc(Cl)cc1C(=O)Nc1ccc(O)cc1. The molecule has 0 fully saturated rings. The van der Waals surface area contributed by atoms with Gasteiger partial charge >= 0.3 is 0 Å². The minimum absolute atomic E-state index is 0.146. The number of hydrogen-bond acceptors (Lipinski definition) is 2. The number of rotatable bonds is 3.